The molecule has 42 heavy (non-hydrogen) atoms. The van der Waals surface area contributed by atoms with Gasteiger partial charge in [-0.15, -0.1) is 0 Å². The van der Waals surface area contributed by atoms with Crippen LogP contribution in [0.25, 0.3) is 0 Å². The minimum absolute atomic E-state index is 0.780. The second-order valence-electron chi connectivity index (χ2n) is 13.0. The van der Waals surface area contributed by atoms with Crippen LogP contribution < -0.4 is 9.47 Å². The zero-order valence-electron chi connectivity index (χ0n) is 28.6. The van der Waals surface area contributed by atoms with Gasteiger partial charge in [-0.2, -0.15) is 0 Å². The van der Waals surface area contributed by atoms with Crippen molar-refractivity contribution in [2.75, 3.05) is 13.2 Å². The summed E-state index contributed by atoms with van der Waals surface area (Å²) in [6, 6.07) is 2.00. The summed E-state index contributed by atoms with van der Waals surface area (Å²) in [7, 11) is 0. The monoisotopic (exact) mass is 588 g/mol. The lowest BCUT2D eigenvalue weighted by Crippen LogP contribution is -2.00. The Kier molecular flexibility index (Phi) is 30.2. The lowest BCUT2D eigenvalue weighted by molar-refractivity contribution is 0.287. The van der Waals surface area contributed by atoms with Crippen molar-refractivity contribution in [2.45, 2.75) is 206 Å². The molecule has 3 heteroatoms. The molecular formula is C39H73NO2. The molecule has 0 aliphatic rings. The third kappa shape index (κ3) is 27.6. The number of hydrogen-bond donors (Lipinski definition) is 0. The maximum atomic E-state index is 5.95. The highest BCUT2D eigenvalue weighted by atomic mass is 16.5. The van der Waals surface area contributed by atoms with Crippen molar-refractivity contribution in [1.29, 1.82) is 0 Å². The van der Waals surface area contributed by atoms with Crippen LogP contribution in [0.1, 0.15) is 206 Å². The second-order valence-corrected chi connectivity index (χ2v) is 13.0. The molecule has 0 bridgehead atoms. The Hall–Kier alpha value is -1.25. The molecule has 0 aliphatic carbocycles. The lowest BCUT2D eigenvalue weighted by atomic mass is 10.0. The maximum absolute atomic E-state index is 5.95. The molecule has 1 rings (SSSR count). The Morgan fingerprint density at radius 1 is 0.357 bits per heavy atom. The molecule has 1 aromatic rings. The molecule has 0 unspecified atom stereocenters. The number of aromatic nitrogens is 1. The molecule has 3 nitrogen and oxygen atoms in total. The third-order valence-corrected chi connectivity index (χ3v) is 8.72. The molecule has 0 aliphatic heterocycles. The summed E-state index contributed by atoms with van der Waals surface area (Å²) in [5, 5.41) is 0. The van der Waals surface area contributed by atoms with Gasteiger partial charge in [0.2, 0.25) is 0 Å². The van der Waals surface area contributed by atoms with E-state index in [4.69, 9.17) is 9.47 Å². The Balaban J connectivity index is 1.84. The summed E-state index contributed by atoms with van der Waals surface area (Å²) in [6.45, 7) is 6.15. The van der Waals surface area contributed by atoms with Crippen LogP contribution in [0.15, 0.2) is 18.5 Å². The Bertz CT molecular complexity index is 598. The first-order valence-corrected chi connectivity index (χ1v) is 19.1. The Morgan fingerprint density at radius 3 is 0.857 bits per heavy atom. The van der Waals surface area contributed by atoms with Crippen LogP contribution in [0.4, 0.5) is 0 Å². The average Bonchev–Trinajstić information content (AvgIpc) is 3.01. The average molecular weight is 588 g/mol. The zero-order chi connectivity index (χ0) is 30.0. The van der Waals surface area contributed by atoms with E-state index in [1.54, 1.807) is 0 Å². The maximum Gasteiger partial charge on any atom is 0.141 e. The first kappa shape index (κ1) is 38.8. The largest absolute Gasteiger partial charge is 0.492 e. The van der Waals surface area contributed by atoms with E-state index in [0.29, 0.717) is 0 Å². The fraction of sp³-hybridized carbons (Fsp3) is 0.872. The molecule has 0 atom stereocenters. The molecule has 1 heterocycles. The van der Waals surface area contributed by atoms with Gasteiger partial charge in [-0.1, -0.05) is 194 Å². The summed E-state index contributed by atoms with van der Waals surface area (Å²) in [4.78, 5) is 4.32. The van der Waals surface area contributed by atoms with Crippen molar-refractivity contribution >= 4 is 0 Å². The molecule has 0 saturated heterocycles. The van der Waals surface area contributed by atoms with E-state index in [0.717, 1.165) is 37.6 Å². The molecule has 0 radical (unpaired) electrons. The second kappa shape index (κ2) is 32.7. The van der Waals surface area contributed by atoms with Crippen molar-refractivity contribution in [1.82, 2.24) is 4.98 Å². The summed E-state index contributed by atoms with van der Waals surface area (Å²) in [5.74, 6) is 1.68. The van der Waals surface area contributed by atoms with Gasteiger partial charge in [0.15, 0.2) is 0 Å². The predicted molar refractivity (Wildman–Crippen MR) is 185 cm³/mol. The van der Waals surface area contributed by atoms with Gasteiger partial charge < -0.3 is 9.47 Å². The summed E-state index contributed by atoms with van der Waals surface area (Å²) in [6.07, 6.45) is 45.3. The van der Waals surface area contributed by atoms with E-state index < -0.39 is 0 Å². The highest BCUT2D eigenvalue weighted by Crippen LogP contribution is 2.19. The molecule has 0 spiro atoms. The molecular weight excluding hydrogens is 514 g/mol. The van der Waals surface area contributed by atoms with Gasteiger partial charge in [-0.05, 0) is 12.8 Å². The van der Waals surface area contributed by atoms with E-state index in [-0.39, 0.29) is 0 Å². The normalized spacial score (nSPS) is 11.3. The molecule has 1 aromatic heterocycles. The minimum Gasteiger partial charge on any atom is -0.492 e. The van der Waals surface area contributed by atoms with Crippen LogP contribution in [0.3, 0.4) is 0 Å². The Morgan fingerprint density at radius 2 is 0.595 bits per heavy atom. The quantitative estimate of drug-likeness (QED) is 0.0751. The molecule has 0 fully saturated rings. The first-order chi connectivity index (χ1) is 20.9. The standard InChI is InChI=1S/C39H73NO2/c1-3-5-7-9-11-13-15-17-19-21-23-25-27-29-31-33-41-38-35-39(37-40-36-38)42-34-32-30-28-26-24-22-20-18-16-14-12-10-8-6-4-2/h35-37H,3-34H2,1-2H3. The van der Waals surface area contributed by atoms with Crippen LogP contribution >= 0.6 is 0 Å². The van der Waals surface area contributed by atoms with Crippen LogP contribution in [0, 0.1) is 0 Å². The highest BCUT2D eigenvalue weighted by Gasteiger charge is 2.01. The SMILES string of the molecule is CCCCCCCCCCCCCCCCCOc1cncc(OCCCCCCCCCCCCCCCCC)c1. The number of rotatable bonds is 34. The number of ether oxygens (including phenoxy) is 2. The molecule has 246 valence electrons. The number of pyridine rings is 1. The van der Waals surface area contributed by atoms with Gasteiger partial charge in [0.1, 0.15) is 11.5 Å². The van der Waals surface area contributed by atoms with Crippen LogP contribution in [0.2, 0.25) is 0 Å². The van der Waals surface area contributed by atoms with E-state index in [2.05, 4.69) is 18.8 Å². The van der Waals surface area contributed by atoms with Gasteiger partial charge in [0, 0.05) is 6.07 Å². The van der Waals surface area contributed by atoms with Crippen LogP contribution in [0.5, 0.6) is 11.5 Å². The van der Waals surface area contributed by atoms with Gasteiger partial charge in [0.05, 0.1) is 25.6 Å². The van der Waals surface area contributed by atoms with Crippen molar-refractivity contribution in [3.63, 3.8) is 0 Å². The number of hydrogen-bond acceptors (Lipinski definition) is 3. The summed E-state index contributed by atoms with van der Waals surface area (Å²) < 4.78 is 11.9. The van der Waals surface area contributed by atoms with Crippen LogP contribution in [-0.2, 0) is 0 Å². The fourth-order valence-corrected chi connectivity index (χ4v) is 5.88. The van der Waals surface area contributed by atoms with E-state index >= 15 is 0 Å². The van der Waals surface area contributed by atoms with Gasteiger partial charge in [-0.25, -0.2) is 0 Å². The zero-order valence-corrected chi connectivity index (χ0v) is 28.6. The van der Waals surface area contributed by atoms with Gasteiger partial charge in [-0.3, -0.25) is 4.98 Å². The Labute approximate surface area is 263 Å². The summed E-state index contributed by atoms with van der Waals surface area (Å²) in [5.41, 5.74) is 0. The molecule has 0 amide bonds. The fourth-order valence-electron chi connectivity index (χ4n) is 5.88. The van der Waals surface area contributed by atoms with Crippen molar-refractivity contribution in [3.8, 4) is 11.5 Å². The van der Waals surface area contributed by atoms with Crippen molar-refractivity contribution < 1.29 is 9.47 Å². The van der Waals surface area contributed by atoms with Crippen molar-refractivity contribution in [2.24, 2.45) is 0 Å². The topological polar surface area (TPSA) is 31.4 Å². The van der Waals surface area contributed by atoms with Crippen LogP contribution in [-0.4, -0.2) is 18.2 Å². The number of unbranched alkanes of at least 4 members (excludes halogenated alkanes) is 28. The predicted octanol–water partition coefficient (Wildman–Crippen LogP) is 13.6. The van der Waals surface area contributed by atoms with Crippen molar-refractivity contribution in [3.05, 3.63) is 18.5 Å². The van der Waals surface area contributed by atoms with Gasteiger partial charge >= 0.3 is 0 Å². The van der Waals surface area contributed by atoms with E-state index in [1.807, 2.05) is 18.5 Å². The molecule has 0 N–H and O–H groups in total. The minimum atomic E-state index is 0.780. The molecule has 0 aromatic carbocycles. The third-order valence-electron chi connectivity index (χ3n) is 8.72. The molecule has 0 saturated carbocycles. The summed E-state index contributed by atoms with van der Waals surface area (Å²) >= 11 is 0. The van der Waals surface area contributed by atoms with Gasteiger partial charge in [0.25, 0.3) is 0 Å². The van der Waals surface area contributed by atoms with E-state index in [1.165, 1.54) is 180 Å². The smallest absolute Gasteiger partial charge is 0.141 e. The van der Waals surface area contributed by atoms with E-state index in [9.17, 15) is 0 Å². The number of nitrogens with zero attached hydrogens (tertiary/aromatic N) is 1. The highest BCUT2D eigenvalue weighted by molar-refractivity contribution is 5.28. The first-order valence-electron chi connectivity index (χ1n) is 19.1. The lowest BCUT2D eigenvalue weighted by Gasteiger charge is -2.09.